The number of carbonyl (C=O) groups is 2. The van der Waals surface area contributed by atoms with Crippen molar-refractivity contribution in [1.29, 1.82) is 0 Å². The second-order valence-electron chi connectivity index (χ2n) is 7.04. The fourth-order valence-corrected chi connectivity index (χ4v) is 3.41. The molecule has 0 atom stereocenters. The van der Waals surface area contributed by atoms with Crippen LogP contribution in [0.4, 0.5) is 17.5 Å². The number of aryl methyl sites for hydroxylation is 1. The largest absolute Gasteiger partial charge is 0.468 e. The summed E-state index contributed by atoms with van der Waals surface area (Å²) >= 11 is 3.43. The van der Waals surface area contributed by atoms with Crippen molar-refractivity contribution >= 4 is 56.8 Å². The molecule has 0 radical (unpaired) electrons. The number of methoxy groups -OCH3 is 1. The highest BCUT2D eigenvalue weighted by Crippen LogP contribution is 2.29. The van der Waals surface area contributed by atoms with Gasteiger partial charge in [-0.3, -0.25) is 14.5 Å². The van der Waals surface area contributed by atoms with E-state index in [9.17, 15) is 9.59 Å². The van der Waals surface area contributed by atoms with Gasteiger partial charge in [-0.1, -0.05) is 15.9 Å². The lowest BCUT2D eigenvalue weighted by Gasteiger charge is -2.15. The normalized spacial score (nSPS) is 10.6. The zero-order valence-electron chi connectivity index (χ0n) is 17.9. The Bertz CT molecular complexity index is 1310. The zero-order valence-corrected chi connectivity index (χ0v) is 19.4. The summed E-state index contributed by atoms with van der Waals surface area (Å²) in [7, 11) is 3.19. The molecule has 2 heterocycles. The van der Waals surface area contributed by atoms with Gasteiger partial charge in [0, 0.05) is 35.5 Å². The number of hydrogen-bond donors (Lipinski definition) is 1. The Labute approximate surface area is 198 Å². The number of esters is 1. The maximum atomic E-state index is 11.5. The monoisotopic (exact) mass is 509 g/mol. The number of nitrogens with zero attached hydrogens (tertiary/aromatic N) is 4. The topological polar surface area (TPSA) is 98.6 Å². The van der Waals surface area contributed by atoms with Crippen molar-refractivity contribution in [2.45, 2.75) is 0 Å². The zero-order chi connectivity index (χ0) is 23.4. The van der Waals surface area contributed by atoms with Crippen LogP contribution in [0.15, 0.2) is 65.3 Å². The summed E-state index contributed by atoms with van der Waals surface area (Å²) in [5, 5.41) is 3.31. The quantitative estimate of drug-likeness (QED) is 0.277. The third kappa shape index (κ3) is 5.12. The van der Waals surface area contributed by atoms with E-state index in [0.29, 0.717) is 23.9 Å². The molecule has 10 heteroatoms. The maximum absolute atomic E-state index is 11.5. The Morgan fingerprint density at radius 3 is 2.64 bits per heavy atom. The van der Waals surface area contributed by atoms with Gasteiger partial charge in [0.2, 0.25) is 12.4 Å². The summed E-state index contributed by atoms with van der Waals surface area (Å²) in [4.78, 5) is 32.8. The van der Waals surface area contributed by atoms with Gasteiger partial charge in [0.25, 0.3) is 0 Å². The lowest BCUT2D eigenvalue weighted by Crippen LogP contribution is -2.29. The molecular formula is C23H20BrN5O4. The first-order chi connectivity index (χ1) is 16.0. The molecule has 1 N–H and O–H groups in total. The highest BCUT2D eigenvalue weighted by Gasteiger charge is 2.14. The molecule has 168 valence electrons. The van der Waals surface area contributed by atoms with E-state index >= 15 is 0 Å². The minimum atomic E-state index is -0.552. The van der Waals surface area contributed by atoms with Gasteiger partial charge in [-0.2, -0.15) is 0 Å². The number of rotatable bonds is 8. The van der Waals surface area contributed by atoms with Crippen molar-refractivity contribution in [3.05, 3.63) is 65.3 Å². The summed E-state index contributed by atoms with van der Waals surface area (Å²) in [5.74, 6) is 1.44. The number of carbonyl (C=O) groups excluding carboxylic acids is 2. The molecule has 0 aliphatic heterocycles. The van der Waals surface area contributed by atoms with E-state index in [1.165, 1.54) is 13.3 Å². The first kappa shape index (κ1) is 22.3. The van der Waals surface area contributed by atoms with Gasteiger partial charge in [0.15, 0.2) is 0 Å². The number of imidazole rings is 1. The summed E-state index contributed by atoms with van der Waals surface area (Å²) in [6.07, 6.45) is 2.01. The molecule has 0 saturated heterocycles. The average Bonchev–Trinajstić information content (AvgIpc) is 3.13. The second kappa shape index (κ2) is 9.70. The molecule has 2 aromatic heterocycles. The third-order valence-corrected chi connectivity index (χ3v) is 5.38. The first-order valence-corrected chi connectivity index (χ1v) is 10.7. The summed E-state index contributed by atoms with van der Waals surface area (Å²) in [6, 6.07) is 16.6. The molecule has 0 saturated carbocycles. The molecule has 1 amide bonds. The Morgan fingerprint density at radius 1 is 1.15 bits per heavy atom. The van der Waals surface area contributed by atoms with Crippen LogP contribution in [0.25, 0.3) is 11.0 Å². The van der Waals surface area contributed by atoms with Crippen molar-refractivity contribution in [2.75, 3.05) is 23.9 Å². The lowest BCUT2D eigenvalue weighted by molar-refractivity contribution is -0.139. The van der Waals surface area contributed by atoms with Crippen LogP contribution in [0.1, 0.15) is 0 Å². The van der Waals surface area contributed by atoms with Crippen LogP contribution in [0, 0.1) is 0 Å². The number of pyridine rings is 1. The van der Waals surface area contributed by atoms with Crippen LogP contribution in [-0.4, -0.2) is 40.6 Å². The fourth-order valence-electron chi connectivity index (χ4n) is 3.15. The van der Waals surface area contributed by atoms with E-state index in [0.717, 1.165) is 26.1 Å². The number of fused-ring (bicyclic) bond motifs is 1. The van der Waals surface area contributed by atoms with Crippen molar-refractivity contribution in [1.82, 2.24) is 14.5 Å². The number of amides is 1. The van der Waals surface area contributed by atoms with E-state index in [4.69, 9.17) is 4.74 Å². The van der Waals surface area contributed by atoms with E-state index < -0.39 is 5.97 Å². The van der Waals surface area contributed by atoms with Crippen LogP contribution in [-0.2, 0) is 21.4 Å². The summed E-state index contributed by atoms with van der Waals surface area (Å²) < 4.78 is 13.5. The number of aromatic nitrogens is 3. The van der Waals surface area contributed by atoms with Crippen molar-refractivity contribution in [3.63, 3.8) is 0 Å². The minimum Gasteiger partial charge on any atom is -0.468 e. The number of halogens is 1. The first-order valence-electron chi connectivity index (χ1n) is 9.88. The molecular weight excluding hydrogens is 490 g/mol. The molecule has 0 fully saturated rings. The third-order valence-electron chi connectivity index (χ3n) is 4.85. The molecule has 0 bridgehead atoms. The number of ether oxygens (including phenoxy) is 2. The molecule has 2 aromatic carbocycles. The SMILES string of the molecule is COC(=O)CN(C=O)c1cc(Oc2ccc3c(c2)nc(Nc2ccc(Br)cc2)n3C)ccn1. The second-order valence-corrected chi connectivity index (χ2v) is 7.95. The van der Waals surface area contributed by atoms with Gasteiger partial charge in [-0.05, 0) is 42.5 Å². The summed E-state index contributed by atoms with van der Waals surface area (Å²) in [6.45, 7) is -0.246. The minimum absolute atomic E-state index is 0.246. The van der Waals surface area contributed by atoms with Gasteiger partial charge < -0.3 is 19.4 Å². The highest BCUT2D eigenvalue weighted by atomic mass is 79.9. The van der Waals surface area contributed by atoms with E-state index in [1.54, 1.807) is 12.1 Å². The predicted octanol–water partition coefficient (Wildman–Crippen LogP) is 4.40. The summed E-state index contributed by atoms with van der Waals surface area (Å²) in [5.41, 5.74) is 2.61. The molecule has 0 unspecified atom stereocenters. The fraction of sp³-hybridized carbons (Fsp3) is 0.130. The van der Waals surface area contributed by atoms with Gasteiger partial charge in [-0.15, -0.1) is 0 Å². The highest BCUT2D eigenvalue weighted by molar-refractivity contribution is 9.10. The molecule has 33 heavy (non-hydrogen) atoms. The molecule has 4 rings (SSSR count). The Kier molecular flexibility index (Phi) is 6.55. The van der Waals surface area contributed by atoms with Crippen molar-refractivity contribution in [2.24, 2.45) is 7.05 Å². The van der Waals surface area contributed by atoms with Gasteiger partial charge >= 0.3 is 5.97 Å². The van der Waals surface area contributed by atoms with Crippen LogP contribution in [0.3, 0.4) is 0 Å². The van der Waals surface area contributed by atoms with Crippen LogP contribution < -0.4 is 15.0 Å². The van der Waals surface area contributed by atoms with Crippen molar-refractivity contribution in [3.8, 4) is 11.5 Å². The molecule has 0 aliphatic rings. The Hall–Kier alpha value is -3.92. The maximum Gasteiger partial charge on any atom is 0.325 e. The van der Waals surface area contributed by atoms with Gasteiger partial charge in [0.05, 0.1) is 18.1 Å². The molecule has 0 spiro atoms. The van der Waals surface area contributed by atoms with E-state index in [2.05, 4.69) is 36.0 Å². The molecule has 9 nitrogen and oxygen atoms in total. The van der Waals surface area contributed by atoms with E-state index in [-0.39, 0.29) is 12.4 Å². The smallest absolute Gasteiger partial charge is 0.325 e. The van der Waals surface area contributed by atoms with Gasteiger partial charge in [-0.25, -0.2) is 9.97 Å². The standard InChI is InChI=1S/C23H20BrN5O4/c1-28-20-8-7-17(11-19(20)27-23(28)26-16-5-3-15(24)4-6-16)33-18-9-10-25-21(12-18)29(14-30)13-22(31)32-2/h3-12,14H,13H2,1-2H3,(H,26,27). The average molecular weight is 510 g/mol. The predicted molar refractivity (Wildman–Crippen MR) is 128 cm³/mol. The number of hydrogen-bond acceptors (Lipinski definition) is 7. The number of benzene rings is 2. The van der Waals surface area contributed by atoms with Crippen LogP contribution in [0.5, 0.6) is 11.5 Å². The van der Waals surface area contributed by atoms with E-state index in [1.807, 2.05) is 54.1 Å². The van der Waals surface area contributed by atoms with Crippen LogP contribution in [0.2, 0.25) is 0 Å². The Balaban J connectivity index is 1.55. The molecule has 4 aromatic rings. The van der Waals surface area contributed by atoms with Gasteiger partial charge in [0.1, 0.15) is 23.9 Å². The van der Waals surface area contributed by atoms with Crippen LogP contribution >= 0.6 is 15.9 Å². The Morgan fingerprint density at radius 2 is 1.91 bits per heavy atom. The number of nitrogens with one attached hydrogen (secondary N) is 1. The van der Waals surface area contributed by atoms with Crippen molar-refractivity contribution < 1.29 is 19.1 Å². The lowest BCUT2D eigenvalue weighted by atomic mass is 10.3. The molecule has 0 aliphatic carbocycles. The number of anilines is 3.